The first-order chi connectivity index (χ1) is 36.2. The monoisotopic (exact) mass is 1040 g/mol. The summed E-state index contributed by atoms with van der Waals surface area (Å²) in [6, 6.07) is 17.5. The van der Waals surface area contributed by atoms with E-state index in [-0.39, 0.29) is 49.7 Å². The lowest BCUT2D eigenvalue weighted by Gasteiger charge is -2.26. The van der Waals surface area contributed by atoms with Crippen molar-refractivity contribution >= 4 is 53.7 Å². The van der Waals surface area contributed by atoms with E-state index in [1.807, 2.05) is 0 Å². The van der Waals surface area contributed by atoms with E-state index in [4.69, 9.17) is 47.4 Å². The maximum atomic E-state index is 13.3. The van der Waals surface area contributed by atoms with Crippen molar-refractivity contribution in [1.82, 2.24) is 0 Å². The molecule has 2 aliphatic carbocycles. The molecular formula is C56H64O19. The van der Waals surface area contributed by atoms with Crippen molar-refractivity contribution in [2.24, 2.45) is 23.7 Å². The number of hydrogen-bond acceptors (Lipinski definition) is 19. The summed E-state index contributed by atoms with van der Waals surface area (Å²) in [4.78, 5) is 111. The van der Waals surface area contributed by atoms with Crippen molar-refractivity contribution in [2.75, 3.05) is 40.1 Å². The summed E-state index contributed by atoms with van der Waals surface area (Å²) >= 11 is 0. The number of unbranched alkanes of at least 4 members (excludes halogenated alkanes) is 3. The van der Waals surface area contributed by atoms with Crippen LogP contribution in [-0.4, -0.2) is 93.9 Å². The van der Waals surface area contributed by atoms with Crippen LogP contribution in [0.25, 0.3) is 0 Å². The summed E-state index contributed by atoms with van der Waals surface area (Å²) in [5, 5.41) is 0. The Morgan fingerprint density at radius 1 is 0.467 bits per heavy atom. The maximum Gasteiger partial charge on any atom is 0.341 e. The second-order valence-electron chi connectivity index (χ2n) is 17.7. The second kappa shape index (κ2) is 31.0. The lowest BCUT2D eigenvalue weighted by atomic mass is 9.82. The number of esters is 9. The van der Waals surface area contributed by atoms with Crippen molar-refractivity contribution in [2.45, 2.75) is 96.3 Å². The van der Waals surface area contributed by atoms with Gasteiger partial charge in [0.1, 0.15) is 47.5 Å². The average Bonchev–Trinajstić information content (AvgIpc) is 3.43. The maximum absolute atomic E-state index is 13.3. The van der Waals surface area contributed by atoms with Gasteiger partial charge < -0.3 is 47.4 Å². The molecule has 19 nitrogen and oxygen atoms in total. The molecule has 5 rings (SSSR count). The Morgan fingerprint density at radius 2 is 0.880 bits per heavy atom. The van der Waals surface area contributed by atoms with Gasteiger partial charge in [-0.1, -0.05) is 25.3 Å². The molecule has 0 radical (unpaired) electrons. The molecule has 0 aromatic heterocycles. The van der Waals surface area contributed by atoms with Crippen LogP contribution < -0.4 is 23.7 Å². The van der Waals surface area contributed by atoms with Gasteiger partial charge in [0.05, 0.1) is 63.4 Å². The van der Waals surface area contributed by atoms with Crippen LogP contribution in [0.3, 0.4) is 0 Å². The van der Waals surface area contributed by atoms with Gasteiger partial charge in [-0.05, 0) is 137 Å². The Hall–Kier alpha value is -7.83. The zero-order chi connectivity index (χ0) is 54.0. The SMILES string of the molecule is C=CC(=O)OCCCCCCOc1ccc(OC(=O)C2CCC(C(=O)Oc3ccc(OC(=O)C4CCC(C(=O)Oc5ccc(CCOC(=O)CCC(=O)OCCOC(=O)C=C)cc5)CC4)cc3C(=O)OC)CC2)cc1. The first-order valence-corrected chi connectivity index (χ1v) is 25.1. The van der Waals surface area contributed by atoms with Crippen LogP contribution in [0.4, 0.5) is 0 Å². The van der Waals surface area contributed by atoms with Crippen LogP contribution in [0.5, 0.6) is 28.7 Å². The van der Waals surface area contributed by atoms with Crippen molar-refractivity contribution in [3.8, 4) is 28.7 Å². The number of methoxy groups -OCH3 is 1. The van der Waals surface area contributed by atoms with Crippen LogP contribution in [-0.2, 0) is 68.5 Å². The number of carbonyl (C=O) groups excluding carboxylic acids is 9. The Morgan fingerprint density at radius 3 is 1.39 bits per heavy atom. The Bertz CT molecular complexity index is 2440. The standard InChI is InChI=1S/C56H64O19/c1-4-48(57)68-32-9-7-6-8-31-67-42-22-24-44(25-23-42)73-53(62)39-16-18-41(19-17-39)55(64)75-47-27-26-45(36-46(47)56(65)66-3)74-54(63)40-14-12-38(13-15-40)52(61)72-43-20-10-37(11-21-43)30-33-69-50(59)28-29-51(60)71-35-34-70-49(58)5-2/h4-5,10-11,20-27,36,38-41H,1-2,6-9,12-19,28-35H2,3H3. The fourth-order valence-electron chi connectivity index (χ4n) is 8.15. The quantitative estimate of drug-likeness (QED) is 0.0220. The number of benzene rings is 3. The molecule has 0 spiro atoms. The molecule has 402 valence electrons. The van der Waals surface area contributed by atoms with Crippen molar-refractivity contribution in [1.29, 1.82) is 0 Å². The number of hydrogen-bond donors (Lipinski definition) is 0. The molecule has 2 aliphatic rings. The molecular weight excluding hydrogens is 977 g/mol. The highest BCUT2D eigenvalue weighted by molar-refractivity contribution is 5.94. The summed E-state index contributed by atoms with van der Waals surface area (Å²) < 4.78 is 53.0. The number of ether oxygens (including phenoxy) is 10. The van der Waals surface area contributed by atoms with Crippen LogP contribution >= 0.6 is 0 Å². The van der Waals surface area contributed by atoms with Gasteiger partial charge in [0.2, 0.25) is 0 Å². The Kier molecular flexibility index (Phi) is 24.0. The fraction of sp³-hybridized carbons (Fsp3) is 0.446. The number of rotatable bonds is 28. The minimum absolute atomic E-state index is 0.0408. The van der Waals surface area contributed by atoms with E-state index < -0.39 is 77.4 Å². The molecule has 0 bridgehead atoms. The molecule has 2 saturated carbocycles. The van der Waals surface area contributed by atoms with Gasteiger partial charge in [0.15, 0.2) is 0 Å². The van der Waals surface area contributed by atoms with Gasteiger partial charge in [-0.25, -0.2) is 14.4 Å². The van der Waals surface area contributed by atoms with E-state index in [1.54, 1.807) is 48.5 Å². The second-order valence-corrected chi connectivity index (χ2v) is 17.7. The van der Waals surface area contributed by atoms with E-state index >= 15 is 0 Å². The third-order valence-corrected chi connectivity index (χ3v) is 12.4. The third-order valence-electron chi connectivity index (χ3n) is 12.4. The molecule has 0 atom stereocenters. The van der Waals surface area contributed by atoms with Gasteiger partial charge in [-0.3, -0.25) is 28.8 Å². The Balaban J connectivity index is 0.972. The van der Waals surface area contributed by atoms with Crippen LogP contribution in [0, 0.1) is 23.7 Å². The highest BCUT2D eigenvalue weighted by atomic mass is 16.6. The third kappa shape index (κ3) is 20.2. The molecule has 2 fully saturated rings. The zero-order valence-corrected chi connectivity index (χ0v) is 42.1. The molecule has 0 saturated heterocycles. The summed E-state index contributed by atoms with van der Waals surface area (Å²) in [5.41, 5.74) is 0.695. The van der Waals surface area contributed by atoms with Crippen LogP contribution in [0.15, 0.2) is 92.0 Å². The fourth-order valence-corrected chi connectivity index (χ4v) is 8.15. The summed E-state index contributed by atoms with van der Waals surface area (Å²) in [7, 11) is 1.17. The topological polar surface area (TPSA) is 246 Å². The molecule has 3 aromatic rings. The van der Waals surface area contributed by atoms with E-state index in [1.165, 1.54) is 25.3 Å². The van der Waals surface area contributed by atoms with Crippen molar-refractivity contribution in [3.63, 3.8) is 0 Å². The summed E-state index contributed by atoms with van der Waals surface area (Å²) in [5.74, 6) is -5.66. The first-order valence-electron chi connectivity index (χ1n) is 25.1. The highest BCUT2D eigenvalue weighted by Crippen LogP contribution is 2.35. The van der Waals surface area contributed by atoms with E-state index in [0.717, 1.165) is 43.4 Å². The predicted molar refractivity (Wildman–Crippen MR) is 265 cm³/mol. The highest BCUT2D eigenvalue weighted by Gasteiger charge is 2.34. The number of carbonyl (C=O) groups is 9. The van der Waals surface area contributed by atoms with Gasteiger partial charge in [0.25, 0.3) is 0 Å². The molecule has 75 heavy (non-hydrogen) atoms. The van der Waals surface area contributed by atoms with E-state index in [2.05, 4.69) is 13.2 Å². The smallest absolute Gasteiger partial charge is 0.341 e. The van der Waals surface area contributed by atoms with Gasteiger partial charge in [0, 0.05) is 18.6 Å². The normalized spacial score (nSPS) is 16.9. The minimum Gasteiger partial charge on any atom is -0.494 e. The van der Waals surface area contributed by atoms with Gasteiger partial charge in [-0.15, -0.1) is 0 Å². The lowest BCUT2D eigenvalue weighted by molar-refractivity contribution is -0.152. The first kappa shape index (κ1) is 58.1. The average molecular weight is 1040 g/mol. The molecule has 0 aliphatic heterocycles. The summed E-state index contributed by atoms with van der Waals surface area (Å²) in [6.45, 7) is 7.30. The van der Waals surface area contributed by atoms with Crippen molar-refractivity contribution < 1.29 is 90.5 Å². The predicted octanol–water partition coefficient (Wildman–Crippen LogP) is 7.91. The van der Waals surface area contributed by atoms with Crippen molar-refractivity contribution in [3.05, 3.63) is 103 Å². The minimum atomic E-state index is -0.813. The molecule has 19 heteroatoms. The van der Waals surface area contributed by atoms with Crippen LogP contribution in [0.2, 0.25) is 0 Å². The van der Waals surface area contributed by atoms with Gasteiger partial charge in [-0.2, -0.15) is 0 Å². The lowest BCUT2D eigenvalue weighted by Crippen LogP contribution is -2.31. The zero-order valence-electron chi connectivity index (χ0n) is 42.1. The molecule has 0 heterocycles. The molecule has 0 amide bonds. The Labute approximate surface area is 435 Å². The van der Waals surface area contributed by atoms with Gasteiger partial charge >= 0.3 is 53.7 Å². The van der Waals surface area contributed by atoms with Crippen LogP contribution in [0.1, 0.15) is 106 Å². The van der Waals surface area contributed by atoms with E-state index in [0.29, 0.717) is 88.2 Å². The van der Waals surface area contributed by atoms with E-state index in [9.17, 15) is 43.2 Å². The molecule has 0 unspecified atom stereocenters. The largest absolute Gasteiger partial charge is 0.494 e. The summed E-state index contributed by atoms with van der Waals surface area (Å²) in [6.07, 6.45) is 8.54. The molecule has 3 aromatic carbocycles. The molecule has 0 N–H and O–H groups in total.